The molecule has 0 aliphatic carbocycles. The molecule has 1 aliphatic heterocycles. The van der Waals surface area contributed by atoms with Crippen LogP contribution in [0.5, 0.6) is 0 Å². The number of piperidine rings is 1. The van der Waals surface area contributed by atoms with Crippen molar-refractivity contribution in [1.82, 2.24) is 9.88 Å². The van der Waals surface area contributed by atoms with Crippen molar-refractivity contribution in [3.63, 3.8) is 0 Å². The Kier molecular flexibility index (Phi) is 5.35. The topological polar surface area (TPSA) is 62.7 Å². The number of rotatable bonds is 4. The van der Waals surface area contributed by atoms with Gasteiger partial charge in [-0.2, -0.15) is 0 Å². The summed E-state index contributed by atoms with van der Waals surface area (Å²) in [5.41, 5.74) is 0.431. The first-order valence-corrected chi connectivity index (χ1v) is 7.57. The molecule has 6 nitrogen and oxygen atoms in total. The molecule has 1 atom stereocenters. The van der Waals surface area contributed by atoms with Crippen molar-refractivity contribution in [3.05, 3.63) is 23.9 Å². The van der Waals surface area contributed by atoms with Gasteiger partial charge in [0.25, 0.3) is 5.91 Å². The average Bonchev–Trinajstić information content (AvgIpc) is 2.52. The van der Waals surface area contributed by atoms with Crippen LogP contribution in [0, 0.1) is 0 Å². The van der Waals surface area contributed by atoms with Gasteiger partial charge in [-0.3, -0.25) is 9.59 Å². The number of amides is 1. The van der Waals surface area contributed by atoms with Gasteiger partial charge in [0.15, 0.2) is 0 Å². The van der Waals surface area contributed by atoms with Crippen LogP contribution in [0.4, 0.5) is 5.82 Å². The van der Waals surface area contributed by atoms with Gasteiger partial charge in [0, 0.05) is 27.6 Å². The molecule has 1 fully saturated rings. The Morgan fingerprint density at radius 1 is 1.36 bits per heavy atom. The molecule has 1 aliphatic rings. The summed E-state index contributed by atoms with van der Waals surface area (Å²) >= 11 is 0. The largest absolute Gasteiger partial charge is 0.464 e. The van der Waals surface area contributed by atoms with Crippen molar-refractivity contribution < 1.29 is 14.3 Å². The number of hydrogen-bond donors (Lipinski definition) is 0. The number of carbonyl (C=O) groups excluding carboxylic acids is 2. The van der Waals surface area contributed by atoms with Crippen LogP contribution in [0.1, 0.15) is 36.7 Å². The Morgan fingerprint density at radius 2 is 2.14 bits per heavy atom. The second-order valence-corrected chi connectivity index (χ2v) is 5.73. The third-order valence-electron chi connectivity index (χ3n) is 3.78. The molecular weight excluding hydrogens is 282 g/mol. The lowest BCUT2D eigenvalue weighted by Gasteiger charge is -2.35. The molecule has 1 aromatic heterocycles. The molecule has 0 N–H and O–H groups in total. The van der Waals surface area contributed by atoms with E-state index in [4.69, 9.17) is 4.74 Å². The van der Waals surface area contributed by atoms with E-state index in [0.29, 0.717) is 12.2 Å². The maximum atomic E-state index is 12.7. The van der Waals surface area contributed by atoms with Crippen LogP contribution in [0.3, 0.4) is 0 Å². The molecule has 0 saturated carbocycles. The van der Waals surface area contributed by atoms with E-state index in [0.717, 1.165) is 25.1 Å². The van der Waals surface area contributed by atoms with E-state index in [-0.39, 0.29) is 24.5 Å². The van der Waals surface area contributed by atoms with Crippen LogP contribution in [0.2, 0.25) is 0 Å². The maximum absolute atomic E-state index is 12.7. The lowest BCUT2D eigenvalue weighted by Crippen LogP contribution is -2.46. The van der Waals surface area contributed by atoms with Crippen molar-refractivity contribution >= 4 is 17.7 Å². The Balaban J connectivity index is 2.14. The number of carbonyl (C=O) groups is 2. The summed E-state index contributed by atoms with van der Waals surface area (Å²) in [7, 11) is 3.78. The number of ether oxygens (including phenoxy) is 1. The van der Waals surface area contributed by atoms with E-state index in [2.05, 4.69) is 4.98 Å². The third kappa shape index (κ3) is 3.96. The predicted molar refractivity (Wildman–Crippen MR) is 83.9 cm³/mol. The van der Waals surface area contributed by atoms with Crippen LogP contribution < -0.4 is 4.90 Å². The first-order valence-electron chi connectivity index (χ1n) is 7.57. The van der Waals surface area contributed by atoms with Gasteiger partial charge in [0.05, 0.1) is 6.04 Å². The van der Waals surface area contributed by atoms with Gasteiger partial charge >= 0.3 is 5.97 Å². The van der Waals surface area contributed by atoms with Crippen LogP contribution in [-0.2, 0) is 9.53 Å². The van der Waals surface area contributed by atoms with Gasteiger partial charge in [0.2, 0.25) is 0 Å². The summed E-state index contributed by atoms with van der Waals surface area (Å²) in [6.07, 6.45) is 2.86. The van der Waals surface area contributed by atoms with Crippen molar-refractivity contribution in [1.29, 1.82) is 0 Å². The molecule has 1 amide bonds. The number of nitrogens with zero attached hydrogens (tertiary/aromatic N) is 3. The maximum Gasteiger partial charge on any atom is 0.302 e. The van der Waals surface area contributed by atoms with E-state index in [1.807, 2.05) is 31.1 Å². The van der Waals surface area contributed by atoms with E-state index in [1.165, 1.54) is 6.92 Å². The van der Waals surface area contributed by atoms with Crippen LogP contribution >= 0.6 is 0 Å². The molecule has 0 aromatic carbocycles. The quantitative estimate of drug-likeness (QED) is 0.792. The van der Waals surface area contributed by atoms with Crippen LogP contribution in [-0.4, -0.2) is 55.0 Å². The van der Waals surface area contributed by atoms with Gasteiger partial charge in [-0.15, -0.1) is 0 Å². The lowest BCUT2D eigenvalue weighted by atomic mass is 10.0. The summed E-state index contributed by atoms with van der Waals surface area (Å²) in [4.78, 5) is 31.8. The first-order chi connectivity index (χ1) is 10.5. The summed E-state index contributed by atoms with van der Waals surface area (Å²) in [5, 5.41) is 0. The Bertz CT molecular complexity index is 545. The van der Waals surface area contributed by atoms with E-state index in [9.17, 15) is 9.59 Å². The summed E-state index contributed by atoms with van der Waals surface area (Å²) in [6, 6.07) is 5.37. The highest BCUT2D eigenvalue weighted by Gasteiger charge is 2.29. The Labute approximate surface area is 131 Å². The third-order valence-corrected chi connectivity index (χ3v) is 3.78. The summed E-state index contributed by atoms with van der Waals surface area (Å²) in [6.45, 7) is 2.32. The second-order valence-electron chi connectivity index (χ2n) is 5.73. The minimum Gasteiger partial charge on any atom is -0.464 e. The first kappa shape index (κ1) is 16.3. The molecule has 0 radical (unpaired) electrons. The molecule has 120 valence electrons. The van der Waals surface area contributed by atoms with Crippen molar-refractivity contribution in [2.75, 3.05) is 32.1 Å². The van der Waals surface area contributed by atoms with Gasteiger partial charge < -0.3 is 14.5 Å². The molecule has 0 bridgehead atoms. The van der Waals surface area contributed by atoms with Crippen LogP contribution in [0.25, 0.3) is 0 Å². The number of pyridine rings is 1. The molecule has 2 heterocycles. The Morgan fingerprint density at radius 3 is 2.82 bits per heavy atom. The van der Waals surface area contributed by atoms with Crippen molar-refractivity contribution in [2.45, 2.75) is 32.2 Å². The molecule has 1 aromatic rings. The normalized spacial score (nSPS) is 18.0. The predicted octanol–water partition coefficient (Wildman–Crippen LogP) is 1.71. The number of esters is 1. The zero-order valence-corrected chi connectivity index (χ0v) is 13.4. The highest BCUT2D eigenvalue weighted by atomic mass is 16.5. The number of hydrogen-bond acceptors (Lipinski definition) is 5. The average molecular weight is 305 g/mol. The van der Waals surface area contributed by atoms with Crippen LogP contribution in [0.15, 0.2) is 18.2 Å². The molecule has 0 spiro atoms. The molecular formula is C16H23N3O3. The molecule has 1 saturated heterocycles. The van der Waals surface area contributed by atoms with Gasteiger partial charge in [-0.05, 0) is 31.4 Å². The molecule has 22 heavy (non-hydrogen) atoms. The number of likely N-dealkylation sites (tertiary alicyclic amines) is 1. The fraction of sp³-hybridized carbons (Fsp3) is 0.562. The van der Waals surface area contributed by atoms with E-state index >= 15 is 0 Å². The van der Waals surface area contributed by atoms with Gasteiger partial charge in [-0.25, -0.2) is 4.98 Å². The smallest absolute Gasteiger partial charge is 0.302 e. The van der Waals surface area contributed by atoms with Gasteiger partial charge in [-0.1, -0.05) is 6.07 Å². The second kappa shape index (κ2) is 7.24. The fourth-order valence-electron chi connectivity index (χ4n) is 2.59. The zero-order chi connectivity index (χ0) is 16.1. The number of anilines is 1. The lowest BCUT2D eigenvalue weighted by molar-refractivity contribution is -0.142. The van der Waals surface area contributed by atoms with Crippen molar-refractivity contribution in [3.8, 4) is 0 Å². The van der Waals surface area contributed by atoms with E-state index < -0.39 is 0 Å². The Hall–Kier alpha value is -2.11. The monoisotopic (exact) mass is 305 g/mol. The highest BCUT2D eigenvalue weighted by molar-refractivity contribution is 5.93. The fourth-order valence-corrected chi connectivity index (χ4v) is 2.59. The minimum atomic E-state index is -0.314. The molecule has 6 heteroatoms. The zero-order valence-electron chi connectivity index (χ0n) is 13.4. The standard InChI is InChI=1S/C16H23N3O3/c1-12(20)22-11-13-7-4-5-10-19(13)16(21)14-8-6-9-15(17-14)18(2)3/h6,8-9,13H,4-5,7,10-11H2,1-3H3. The van der Waals surface area contributed by atoms with Crippen molar-refractivity contribution in [2.24, 2.45) is 0 Å². The summed E-state index contributed by atoms with van der Waals surface area (Å²) < 4.78 is 5.10. The SMILES string of the molecule is CC(=O)OCC1CCCCN1C(=O)c1cccc(N(C)C)n1. The molecule has 2 rings (SSSR count). The number of aromatic nitrogens is 1. The highest BCUT2D eigenvalue weighted by Crippen LogP contribution is 2.20. The molecule has 1 unspecified atom stereocenters. The minimum absolute atomic E-state index is 0.0602. The van der Waals surface area contributed by atoms with E-state index in [1.54, 1.807) is 11.0 Å². The van der Waals surface area contributed by atoms with Gasteiger partial charge in [0.1, 0.15) is 18.1 Å². The summed E-state index contributed by atoms with van der Waals surface area (Å²) in [5.74, 6) is 0.339.